The van der Waals surface area contributed by atoms with E-state index >= 15 is 0 Å². The molecule has 12 heavy (non-hydrogen) atoms. The van der Waals surface area contributed by atoms with Crippen molar-refractivity contribution in [3.63, 3.8) is 0 Å². The van der Waals surface area contributed by atoms with Gasteiger partial charge in [-0.25, -0.2) is 8.42 Å². The Morgan fingerprint density at radius 2 is 2.00 bits per heavy atom. The van der Waals surface area contributed by atoms with Crippen molar-refractivity contribution in [3.8, 4) is 0 Å². The van der Waals surface area contributed by atoms with Crippen molar-refractivity contribution >= 4 is 9.84 Å². The Hall–Kier alpha value is -0.0500. The van der Waals surface area contributed by atoms with E-state index in [0.717, 1.165) is 25.7 Å². The van der Waals surface area contributed by atoms with Crippen LogP contribution in [0.25, 0.3) is 0 Å². The highest BCUT2D eigenvalue weighted by Gasteiger charge is 2.28. The third-order valence-electron chi connectivity index (χ3n) is 2.45. The molecule has 1 aliphatic heterocycles. The van der Waals surface area contributed by atoms with Crippen LogP contribution in [0.3, 0.4) is 0 Å². The summed E-state index contributed by atoms with van der Waals surface area (Å²) in [5, 5.41) is -0.0359. The molecule has 1 saturated heterocycles. The molecule has 1 atom stereocenters. The summed E-state index contributed by atoms with van der Waals surface area (Å²) in [4.78, 5) is 0. The minimum atomic E-state index is -2.72. The summed E-state index contributed by atoms with van der Waals surface area (Å²) in [5.74, 6) is 0.924. The predicted molar refractivity (Wildman–Crippen MR) is 50.9 cm³/mol. The van der Waals surface area contributed by atoms with Gasteiger partial charge in [0.2, 0.25) is 0 Å². The van der Waals surface area contributed by atoms with Gasteiger partial charge in [-0.05, 0) is 25.2 Å². The van der Waals surface area contributed by atoms with E-state index < -0.39 is 9.84 Å². The molecule has 0 bridgehead atoms. The maximum atomic E-state index is 11.5. The Balaban J connectivity index is 2.61. The van der Waals surface area contributed by atoms with Crippen molar-refractivity contribution in [1.82, 2.24) is 0 Å². The average molecular weight is 190 g/mol. The lowest BCUT2D eigenvalue weighted by Gasteiger charge is -2.23. The van der Waals surface area contributed by atoms with Gasteiger partial charge in [0.25, 0.3) is 0 Å². The molecule has 0 aromatic heterocycles. The lowest BCUT2D eigenvalue weighted by molar-refractivity contribution is 0.482. The van der Waals surface area contributed by atoms with Crippen molar-refractivity contribution in [2.75, 3.05) is 5.75 Å². The van der Waals surface area contributed by atoms with Gasteiger partial charge in [0.1, 0.15) is 0 Å². The van der Waals surface area contributed by atoms with Gasteiger partial charge < -0.3 is 0 Å². The Morgan fingerprint density at radius 3 is 2.50 bits per heavy atom. The number of hydrogen-bond donors (Lipinski definition) is 0. The molecule has 0 saturated carbocycles. The molecule has 1 heterocycles. The first-order chi connectivity index (χ1) is 5.52. The molecule has 0 spiro atoms. The summed E-state index contributed by atoms with van der Waals surface area (Å²) in [6.45, 7) is 4.17. The number of hydrogen-bond acceptors (Lipinski definition) is 2. The number of rotatable bonds is 2. The van der Waals surface area contributed by atoms with Crippen LogP contribution in [0.2, 0.25) is 0 Å². The van der Waals surface area contributed by atoms with Gasteiger partial charge in [0, 0.05) is 0 Å². The van der Waals surface area contributed by atoms with Crippen LogP contribution in [0.5, 0.6) is 0 Å². The Bertz CT molecular complexity index is 229. The molecule has 3 heteroatoms. The van der Waals surface area contributed by atoms with Crippen LogP contribution in [0.4, 0.5) is 0 Å². The van der Waals surface area contributed by atoms with E-state index in [1.165, 1.54) is 0 Å². The van der Waals surface area contributed by atoms with Crippen LogP contribution in [-0.4, -0.2) is 19.4 Å². The standard InChI is InChI=1S/C9H18O2S/c1-8(2)7-9-5-3-4-6-12(9,10)11/h8-9H,3-7H2,1-2H3. The fraction of sp³-hybridized carbons (Fsp3) is 1.00. The van der Waals surface area contributed by atoms with Gasteiger partial charge in [0.05, 0.1) is 11.0 Å². The molecule has 1 fully saturated rings. The van der Waals surface area contributed by atoms with Crippen LogP contribution >= 0.6 is 0 Å². The van der Waals surface area contributed by atoms with Crippen LogP contribution in [0.15, 0.2) is 0 Å². The molecule has 0 amide bonds. The minimum absolute atomic E-state index is 0.0359. The molecule has 72 valence electrons. The molecule has 0 aliphatic carbocycles. The van der Waals surface area contributed by atoms with Crippen LogP contribution in [0.1, 0.15) is 39.5 Å². The smallest absolute Gasteiger partial charge is 0.153 e. The quantitative estimate of drug-likeness (QED) is 0.667. The first-order valence-corrected chi connectivity index (χ1v) is 6.45. The summed E-state index contributed by atoms with van der Waals surface area (Å²) in [6, 6.07) is 0. The molecular weight excluding hydrogens is 172 g/mol. The molecule has 0 aromatic carbocycles. The molecule has 0 N–H and O–H groups in total. The van der Waals surface area contributed by atoms with Gasteiger partial charge in [0.15, 0.2) is 9.84 Å². The highest BCUT2D eigenvalue weighted by Crippen LogP contribution is 2.24. The van der Waals surface area contributed by atoms with E-state index in [2.05, 4.69) is 13.8 Å². The molecule has 2 nitrogen and oxygen atoms in total. The lowest BCUT2D eigenvalue weighted by atomic mass is 10.0. The van der Waals surface area contributed by atoms with Crippen LogP contribution in [0, 0.1) is 5.92 Å². The van der Waals surface area contributed by atoms with Crippen molar-refractivity contribution in [3.05, 3.63) is 0 Å². The highest BCUT2D eigenvalue weighted by molar-refractivity contribution is 7.92. The van der Waals surface area contributed by atoms with Crippen molar-refractivity contribution in [2.24, 2.45) is 5.92 Å². The minimum Gasteiger partial charge on any atom is -0.229 e. The Morgan fingerprint density at radius 1 is 1.33 bits per heavy atom. The maximum absolute atomic E-state index is 11.5. The van der Waals surface area contributed by atoms with Gasteiger partial charge in [-0.2, -0.15) is 0 Å². The zero-order chi connectivity index (χ0) is 9.19. The summed E-state index contributed by atoms with van der Waals surface area (Å²) in [5.41, 5.74) is 0. The van der Waals surface area contributed by atoms with Gasteiger partial charge >= 0.3 is 0 Å². The third kappa shape index (κ3) is 2.47. The predicted octanol–water partition coefficient (Wildman–Crippen LogP) is 2.00. The zero-order valence-electron chi connectivity index (χ0n) is 7.91. The second kappa shape index (κ2) is 3.77. The fourth-order valence-electron chi connectivity index (χ4n) is 1.81. The van der Waals surface area contributed by atoms with E-state index in [1.54, 1.807) is 0 Å². The SMILES string of the molecule is CC(C)CC1CCCCS1(=O)=O. The van der Waals surface area contributed by atoms with E-state index in [-0.39, 0.29) is 5.25 Å². The molecule has 0 aromatic rings. The normalized spacial score (nSPS) is 29.1. The van der Waals surface area contributed by atoms with Gasteiger partial charge in [-0.1, -0.05) is 20.3 Å². The number of sulfone groups is 1. The molecule has 1 unspecified atom stereocenters. The fourth-order valence-corrected chi connectivity index (χ4v) is 3.96. The highest BCUT2D eigenvalue weighted by atomic mass is 32.2. The Kier molecular flexibility index (Phi) is 3.16. The summed E-state index contributed by atoms with van der Waals surface area (Å²) in [6.07, 6.45) is 3.70. The van der Waals surface area contributed by atoms with Crippen molar-refractivity contribution in [2.45, 2.75) is 44.8 Å². The molecular formula is C9H18O2S. The lowest BCUT2D eigenvalue weighted by Crippen LogP contribution is -2.29. The largest absolute Gasteiger partial charge is 0.229 e. The zero-order valence-corrected chi connectivity index (χ0v) is 8.73. The molecule has 1 aliphatic rings. The summed E-state index contributed by atoms with van der Waals surface area (Å²) in [7, 11) is -2.72. The summed E-state index contributed by atoms with van der Waals surface area (Å²) < 4.78 is 23.0. The van der Waals surface area contributed by atoms with Crippen molar-refractivity contribution < 1.29 is 8.42 Å². The first-order valence-electron chi connectivity index (χ1n) is 4.74. The van der Waals surface area contributed by atoms with Crippen LogP contribution in [-0.2, 0) is 9.84 Å². The topological polar surface area (TPSA) is 34.1 Å². The summed E-state index contributed by atoms with van der Waals surface area (Å²) >= 11 is 0. The molecule has 1 rings (SSSR count). The first kappa shape index (κ1) is 10.0. The van der Waals surface area contributed by atoms with Gasteiger partial charge in [-0.15, -0.1) is 0 Å². The van der Waals surface area contributed by atoms with E-state index in [0.29, 0.717) is 11.7 Å². The maximum Gasteiger partial charge on any atom is 0.153 e. The second-order valence-electron chi connectivity index (χ2n) is 4.11. The second-order valence-corrected chi connectivity index (χ2v) is 6.51. The third-order valence-corrected chi connectivity index (χ3v) is 4.75. The van der Waals surface area contributed by atoms with Crippen molar-refractivity contribution in [1.29, 1.82) is 0 Å². The average Bonchev–Trinajstić information content (AvgIpc) is 1.92. The van der Waals surface area contributed by atoms with Crippen LogP contribution < -0.4 is 0 Å². The van der Waals surface area contributed by atoms with E-state index in [1.807, 2.05) is 0 Å². The van der Waals surface area contributed by atoms with Gasteiger partial charge in [-0.3, -0.25) is 0 Å². The monoisotopic (exact) mass is 190 g/mol. The molecule has 0 radical (unpaired) electrons. The van der Waals surface area contributed by atoms with E-state index in [9.17, 15) is 8.42 Å². The Labute approximate surface area is 75.3 Å². The van der Waals surface area contributed by atoms with E-state index in [4.69, 9.17) is 0 Å².